The van der Waals surface area contributed by atoms with Crippen LogP contribution in [0.25, 0.3) is 27.8 Å². The van der Waals surface area contributed by atoms with E-state index >= 15 is 0 Å². The van der Waals surface area contributed by atoms with Gasteiger partial charge in [0.25, 0.3) is 0 Å². The number of nitriles is 2. The van der Waals surface area contributed by atoms with E-state index in [0.717, 1.165) is 62.9 Å². The molecule has 0 aromatic heterocycles. The van der Waals surface area contributed by atoms with Crippen LogP contribution in [0.5, 0.6) is 0 Å². The fourth-order valence-corrected chi connectivity index (χ4v) is 5.93. The van der Waals surface area contributed by atoms with Gasteiger partial charge < -0.3 is 4.74 Å². The molecule has 6 rings (SSSR count). The van der Waals surface area contributed by atoms with Crippen LogP contribution >= 0.6 is 0 Å². The molecule has 182 valence electrons. The van der Waals surface area contributed by atoms with E-state index in [1.54, 1.807) is 0 Å². The Morgan fingerprint density at radius 1 is 0.737 bits per heavy atom. The number of esters is 1. The van der Waals surface area contributed by atoms with Crippen LogP contribution in [0, 0.1) is 22.7 Å². The minimum absolute atomic E-state index is 0.100. The molecular weight excluding hydrogens is 468 g/mol. The topological polar surface area (TPSA) is 73.9 Å². The van der Waals surface area contributed by atoms with Gasteiger partial charge in [0, 0.05) is 17.1 Å². The highest BCUT2D eigenvalue weighted by atomic mass is 16.5. The molecule has 2 aliphatic rings. The van der Waals surface area contributed by atoms with Crippen molar-refractivity contribution >= 4 is 11.5 Å². The van der Waals surface area contributed by atoms with E-state index in [0.29, 0.717) is 17.7 Å². The number of allylic oxidation sites excluding steroid dienone is 1. The summed E-state index contributed by atoms with van der Waals surface area (Å²) < 4.78 is 5.63. The van der Waals surface area contributed by atoms with Crippen molar-refractivity contribution < 1.29 is 9.53 Å². The van der Waals surface area contributed by atoms with Gasteiger partial charge in [-0.3, -0.25) is 0 Å². The van der Waals surface area contributed by atoms with E-state index in [1.807, 2.05) is 54.6 Å². The van der Waals surface area contributed by atoms with Crippen LogP contribution in [-0.4, -0.2) is 12.6 Å². The largest absolute Gasteiger partial charge is 0.462 e. The fraction of sp³-hybridized carbons (Fsp3) is 0.147. The van der Waals surface area contributed by atoms with Crippen molar-refractivity contribution in [2.45, 2.75) is 25.7 Å². The number of nitrogens with zero attached hydrogens (tertiary/aromatic N) is 2. The third-order valence-corrected chi connectivity index (χ3v) is 7.52. The van der Waals surface area contributed by atoms with E-state index in [4.69, 9.17) is 4.74 Å². The molecule has 4 aromatic carbocycles. The molecule has 0 aliphatic heterocycles. The molecule has 4 nitrogen and oxygen atoms in total. The predicted octanol–water partition coefficient (Wildman–Crippen LogP) is 7.63. The first kappa shape index (κ1) is 23.5. The number of carbonyl (C=O) groups excluding carboxylic acids is 1. The van der Waals surface area contributed by atoms with Gasteiger partial charge in [0.2, 0.25) is 0 Å². The summed E-state index contributed by atoms with van der Waals surface area (Å²) in [6.07, 6.45) is 1.78. The molecule has 1 atom stereocenters. The Hall–Kier alpha value is -4.93. The average molecular weight is 493 g/mol. The average Bonchev–Trinajstić information content (AvgIpc) is 3.47. The predicted molar refractivity (Wildman–Crippen MR) is 147 cm³/mol. The van der Waals surface area contributed by atoms with Crippen LogP contribution in [-0.2, 0) is 4.74 Å². The van der Waals surface area contributed by atoms with Crippen LogP contribution < -0.4 is 0 Å². The second-order valence-electron chi connectivity index (χ2n) is 9.57. The molecule has 0 saturated heterocycles. The van der Waals surface area contributed by atoms with Crippen molar-refractivity contribution in [1.82, 2.24) is 0 Å². The number of benzene rings is 4. The lowest BCUT2D eigenvalue weighted by molar-refractivity contribution is 0.0500. The zero-order valence-corrected chi connectivity index (χ0v) is 21.0. The molecule has 0 heterocycles. The Bertz CT molecular complexity index is 1720. The number of hydrogen-bond acceptors (Lipinski definition) is 4. The zero-order chi connectivity index (χ0) is 26.2. The molecular formula is C34H24N2O2. The molecule has 2 aliphatic carbocycles. The van der Waals surface area contributed by atoms with Gasteiger partial charge in [-0.2, -0.15) is 10.5 Å². The fourth-order valence-electron chi connectivity index (χ4n) is 5.93. The maximum atomic E-state index is 13.2. The molecule has 0 radical (unpaired) electrons. The minimum atomic E-state index is -0.312. The molecule has 0 amide bonds. The lowest BCUT2D eigenvalue weighted by Crippen LogP contribution is -2.09. The van der Waals surface area contributed by atoms with Crippen LogP contribution in [0.15, 0.2) is 90.5 Å². The quantitative estimate of drug-likeness (QED) is 0.141. The first-order valence-electron chi connectivity index (χ1n) is 12.9. The van der Waals surface area contributed by atoms with Crippen LogP contribution in [0.4, 0.5) is 0 Å². The molecule has 0 bridgehead atoms. The number of ether oxygens (including phenoxy) is 1. The molecule has 0 saturated carbocycles. The van der Waals surface area contributed by atoms with Gasteiger partial charge in [0.1, 0.15) is 17.7 Å². The Morgan fingerprint density at radius 3 is 2.08 bits per heavy atom. The molecule has 1 unspecified atom stereocenters. The van der Waals surface area contributed by atoms with Crippen LogP contribution in [0.2, 0.25) is 0 Å². The van der Waals surface area contributed by atoms with Gasteiger partial charge in [0.15, 0.2) is 0 Å². The molecule has 38 heavy (non-hydrogen) atoms. The lowest BCUT2D eigenvalue weighted by atomic mass is 9.83. The molecule has 0 spiro atoms. The first-order chi connectivity index (χ1) is 18.7. The van der Waals surface area contributed by atoms with Crippen molar-refractivity contribution in [3.8, 4) is 34.4 Å². The van der Waals surface area contributed by atoms with Crippen molar-refractivity contribution in [1.29, 1.82) is 10.5 Å². The highest BCUT2D eigenvalue weighted by Crippen LogP contribution is 2.55. The van der Waals surface area contributed by atoms with E-state index in [-0.39, 0.29) is 17.5 Å². The van der Waals surface area contributed by atoms with E-state index in [9.17, 15) is 15.3 Å². The summed E-state index contributed by atoms with van der Waals surface area (Å²) in [5.74, 6) is -0.476. The van der Waals surface area contributed by atoms with Crippen LogP contribution in [0.3, 0.4) is 0 Å². The van der Waals surface area contributed by atoms with Gasteiger partial charge in [0.05, 0.1) is 12.2 Å². The SMILES string of the molecule is CCCCOC(=O)c1cccc2c1-c1ccccc1C2c1cccc2c1C(=C(C#N)C#N)c1ccccc1-2. The van der Waals surface area contributed by atoms with E-state index < -0.39 is 0 Å². The van der Waals surface area contributed by atoms with E-state index in [1.165, 1.54) is 0 Å². The Kier molecular flexibility index (Phi) is 5.87. The first-order valence-corrected chi connectivity index (χ1v) is 12.9. The number of rotatable bonds is 5. The molecule has 4 heteroatoms. The van der Waals surface area contributed by atoms with Gasteiger partial charge in [-0.15, -0.1) is 0 Å². The van der Waals surface area contributed by atoms with E-state index in [2.05, 4.69) is 49.4 Å². The number of fused-ring (bicyclic) bond motifs is 6. The third kappa shape index (κ3) is 3.46. The Morgan fingerprint density at radius 2 is 1.34 bits per heavy atom. The summed E-state index contributed by atoms with van der Waals surface area (Å²) in [5.41, 5.74) is 10.2. The maximum absolute atomic E-state index is 13.2. The summed E-state index contributed by atoms with van der Waals surface area (Å²) in [6.45, 7) is 2.46. The van der Waals surface area contributed by atoms with Crippen LogP contribution in [0.1, 0.15) is 63.9 Å². The standard InChI is InChI=1S/C34H24N2O2/c1-2-3-18-38-34(37)29-17-9-15-27-31(25-12-6-7-13-26(25)32(27)29)28-16-8-14-24-22-10-4-5-11-23(22)30(33(24)28)21(19-35)20-36/h4-17,31H,2-3,18H2,1H3. The monoisotopic (exact) mass is 492 g/mol. The van der Waals surface area contributed by atoms with Gasteiger partial charge in [-0.25, -0.2) is 4.79 Å². The lowest BCUT2D eigenvalue weighted by Gasteiger charge is -2.19. The van der Waals surface area contributed by atoms with Gasteiger partial charge in [-0.05, 0) is 57.0 Å². The number of hydrogen-bond donors (Lipinski definition) is 0. The summed E-state index contributed by atoms with van der Waals surface area (Å²) >= 11 is 0. The highest BCUT2D eigenvalue weighted by molar-refractivity contribution is 6.06. The van der Waals surface area contributed by atoms with Crippen molar-refractivity contribution in [2.75, 3.05) is 6.61 Å². The Labute approximate surface area is 222 Å². The summed E-state index contributed by atoms with van der Waals surface area (Å²) in [5, 5.41) is 19.8. The molecule has 4 aromatic rings. The second-order valence-corrected chi connectivity index (χ2v) is 9.57. The third-order valence-electron chi connectivity index (χ3n) is 7.52. The number of unbranched alkanes of at least 4 members (excludes halogenated alkanes) is 1. The van der Waals surface area contributed by atoms with Crippen molar-refractivity contribution in [3.05, 3.63) is 124 Å². The second kappa shape index (κ2) is 9.51. The van der Waals surface area contributed by atoms with Gasteiger partial charge in [-0.1, -0.05) is 92.2 Å². The normalized spacial score (nSPS) is 14.0. The van der Waals surface area contributed by atoms with Gasteiger partial charge >= 0.3 is 5.97 Å². The smallest absolute Gasteiger partial charge is 0.338 e. The summed E-state index contributed by atoms with van der Waals surface area (Å²) in [4.78, 5) is 13.2. The maximum Gasteiger partial charge on any atom is 0.338 e. The van der Waals surface area contributed by atoms with Crippen molar-refractivity contribution in [3.63, 3.8) is 0 Å². The highest BCUT2D eigenvalue weighted by Gasteiger charge is 2.37. The number of carbonyl (C=O) groups is 1. The zero-order valence-electron chi connectivity index (χ0n) is 21.0. The minimum Gasteiger partial charge on any atom is -0.462 e. The summed E-state index contributed by atoms with van der Waals surface area (Å²) in [6, 6.07) is 32.4. The van der Waals surface area contributed by atoms with Crippen molar-refractivity contribution in [2.24, 2.45) is 0 Å². The molecule has 0 fully saturated rings. The Balaban J connectivity index is 1.61. The molecule has 0 N–H and O–H groups in total. The summed E-state index contributed by atoms with van der Waals surface area (Å²) in [7, 11) is 0.